The van der Waals surface area contributed by atoms with Crippen molar-refractivity contribution in [2.75, 3.05) is 7.11 Å². The minimum absolute atomic E-state index is 0.135. The van der Waals surface area contributed by atoms with Gasteiger partial charge in [-0.25, -0.2) is 4.79 Å². The van der Waals surface area contributed by atoms with E-state index in [-0.39, 0.29) is 11.7 Å². The van der Waals surface area contributed by atoms with Crippen LogP contribution in [0.5, 0.6) is 5.75 Å². The fourth-order valence-electron chi connectivity index (χ4n) is 3.22. The number of hydrogen-bond acceptors (Lipinski definition) is 3. The van der Waals surface area contributed by atoms with Gasteiger partial charge in [0.15, 0.2) is 0 Å². The average Bonchev–Trinajstić information content (AvgIpc) is 2.86. The van der Waals surface area contributed by atoms with Crippen LogP contribution in [0.4, 0.5) is 0 Å². The molecular weight excluding hydrogens is 314 g/mol. The van der Waals surface area contributed by atoms with Crippen LogP contribution in [0.3, 0.4) is 0 Å². The summed E-state index contributed by atoms with van der Waals surface area (Å²) < 4.78 is 7.03. The number of phenolic OH excluding ortho intramolecular Hbond substituents is 1. The molecular formula is C21H23NO3. The first-order chi connectivity index (χ1) is 11.9. The van der Waals surface area contributed by atoms with E-state index < -0.39 is 0 Å². The molecule has 0 spiro atoms. The third kappa shape index (κ3) is 3.12. The van der Waals surface area contributed by atoms with Crippen LogP contribution in [0.15, 0.2) is 42.5 Å². The van der Waals surface area contributed by atoms with Crippen molar-refractivity contribution >= 4 is 16.9 Å². The van der Waals surface area contributed by atoms with Gasteiger partial charge in [-0.1, -0.05) is 38.1 Å². The van der Waals surface area contributed by atoms with E-state index in [4.69, 9.17) is 4.74 Å². The number of aromatic nitrogens is 1. The van der Waals surface area contributed by atoms with E-state index in [2.05, 4.69) is 42.7 Å². The van der Waals surface area contributed by atoms with Gasteiger partial charge in [0.25, 0.3) is 0 Å². The van der Waals surface area contributed by atoms with Gasteiger partial charge in [-0.2, -0.15) is 0 Å². The van der Waals surface area contributed by atoms with Crippen LogP contribution in [0, 0.1) is 6.92 Å². The SMILES string of the molecule is COC(=O)c1c(C)n(Cc2ccc(C(C)C)cc2)c2ccc(O)cc12. The summed E-state index contributed by atoms with van der Waals surface area (Å²) in [5.41, 5.74) is 4.71. The fourth-order valence-corrected chi connectivity index (χ4v) is 3.22. The molecule has 4 heteroatoms. The standard InChI is InChI=1S/C21H23NO3/c1-13(2)16-7-5-15(6-8-16)12-22-14(3)20(21(24)25-4)18-11-17(23)9-10-19(18)22/h5-11,13,23H,12H2,1-4H3. The topological polar surface area (TPSA) is 51.5 Å². The summed E-state index contributed by atoms with van der Waals surface area (Å²) >= 11 is 0. The first-order valence-corrected chi connectivity index (χ1v) is 8.41. The number of esters is 1. The number of methoxy groups -OCH3 is 1. The minimum atomic E-state index is -0.387. The molecule has 0 atom stereocenters. The number of carbonyl (C=O) groups is 1. The van der Waals surface area contributed by atoms with Gasteiger partial charge in [-0.15, -0.1) is 0 Å². The predicted octanol–water partition coefficient (Wildman–Crippen LogP) is 4.61. The highest BCUT2D eigenvalue weighted by atomic mass is 16.5. The highest BCUT2D eigenvalue weighted by Gasteiger charge is 2.21. The molecule has 0 amide bonds. The molecule has 0 fully saturated rings. The Bertz CT molecular complexity index is 920. The quantitative estimate of drug-likeness (QED) is 0.707. The maximum atomic E-state index is 12.2. The van der Waals surface area contributed by atoms with Gasteiger partial charge in [0.05, 0.1) is 12.7 Å². The zero-order chi connectivity index (χ0) is 18.1. The Balaban J connectivity index is 2.09. The number of nitrogens with zero attached hydrogens (tertiary/aromatic N) is 1. The lowest BCUT2D eigenvalue weighted by atomic mass is 10.0. The monoisotopic (exact) mass is 337 g/mol. The van der Waals surface area contributed by atoms with Gasteiger partial charge in [-0.3, -0.25) is 0 Å². The Hall–Kier alpha value is -2.75. The predicted molar refractivity (Wildman–Crippen MR) is 99.3 cm³/mol. The minimum Gasteiger partial charge on any atom is -0.508 e. The summed E-state index contributed by atoms with van der Waals surface area (Å²) in [6.07, 6.45) is 0. The van der Waals surface area contributed by atoms with Crippen LogP contribution < -0.4 is 0 Å². The lowest BCUT2D eigenvalue weighted by Gasteiger charge is -2.11. The first kappa shape index (κ1) is 17.1. The van der Waals surface area contributed by atoms with Crippen molar-refractivity contribution in [1.29, 1.82) is 0 Å². The summed E-state index contributed by atoms with van der Waals surface area (Å²) in [5.74, 6) is 0.246. The van der Waals surface area contributed by atoms with Crippen LogP contribution >= 0.6 is 0 Å². The summed E-state index contributed by atoms with van der Waals surface area (Å²) in [4.78, 5) is 12.2. The molecule has 25 heavy (non-hydrogen) atoms. The number of benzene rings is 2. The second-order valence-electron chi connectivity index (χ2n) is 6.64. The second kappa shape index (κ2) is 6.63. The normalized spacial score (nSPS) is 11.2. The second-order valence-corrected chi connectivity index (χ2v) is 6.64. The van der Waals surface area contributed by atoms with Crippen LogP contribution in [0.2, 0.25) is 0 Å². The van der Waals surface area contributed by atoms with Crippen LogP contribution in [-0.4, -0.2) is 22.8 Å². The van der Waals surface area contributed by atoms with Crippen LogP contribution in [0.25, 0.3) is 10.9 Å². The number of hydrogen-bond donors (Lipinski definition) is 1. The summed E-state index contributed by atoms with van der Waals surface area (Å²) in [7, 11) is 1.37. The van der Waals surface area contributed by atoms with Gasteiger partial charge >= 0.3 is 5.97 Å². The zero-order valence-corrected chi connectivity index (χ0v) is 15.0. The van der Waals surface area contributed by atoms with Crippen molar-refractivity contribution in [2.45, 2.75) is 33.2 Å². The molecule has 0 unspecified atom stereocenters. The Morgan fingerprint density at radius 1 is 1.16 bits per heavy atom. The van der Waals surface area contributed by atoms with E-state index in [1.165, 1.54) is 12.7 Å². The number of aromatic hydroxyl groups is 1. The molecule has 0 aliphatic heterocycles. The summed E-state index contributed by atoms with van der Waals surface area (Å²) in [6, 6.07) is 13.6. The van der Waals surface area contributed by atoms with Crippen molar-refractivity contribution in [2.24, 2.45) is 0 Å². The zero-order valence-electron chi connectivity index (χ0n) is 15.0. The number of fused-ring (bicyclic) bond motifs is 1. The van der Waals surface area contributed by atoms with E-state index in [0.717, 1.165) is 16.8 Å². The number of phenols is 1. The highest BCUT2D eigenvalue weighted by Crippen LogP contribution is 2.30. The van der Waals surface area contributed by atoms with E-state index in [1.54, 1.807) is 12.1 Å². The Labute approximate surface area is 147 Å². The van der Waals surface area contributed by atoms with Gasteiger partial charge in [0.2, 0.25) is 0 Å². The number of carbonyl (C=O) groups excluding carboxylic acids is 1. The Morgan fingerprint density at radius 3 is 2.44 bits per heavy atom. The van der Waals surface area contributed by atoms with Crippen molar-refractivity contribution < 1.29 is 14.6 Å². The number of rotatable bonds is 4. The van der Waals surface area contributed by atoms with Crippen molar-refractivity contribution in [1.82, 2.24) is 4.57 Å². The van der Waals surface area contributed by atoms with Crippen molar-refractivity contribution in [3.8, 4) is 5.75 Å². The Morgan fingerprint density at radius 2 is 1.84 bits per heavy atom. The van der Waals surface area contributed by atoms with E-state index in [9.17, 15) is 9.90 Å². The molecule has 3 rings (SSSR count). The van der Waals surface area contributed by atoms with Gasteiger partial charge < -0.3 is 14.4 Å². The molecule has 4 nitrogen and oxygen atoms in total. The summed E-state index contributed by atoms with van der Waals surface area (Å²) in [5, 5.41) is 10.5. The van der Waals surface area contributed by atoms with Crippen LogP contribution in [0.1, 0.15) is 46.9 Å². The molecule has 1 N–H and O–H groups in total. The first-order valence-electron chi connectivity index (χ1n) is 8.41. The van der Waals surface area contributed by atoms with Crippen molar-refractivity contribution in [3.63, 3.8) is 0 Å². The van der Waals surface area contributed by atoms with Crippen molar-refractivity contribution in [3.05, 3.63) is 64.8 Å². The molecule has 0 radical (unpaired) electrons. The maximum Gasteiger partial charge on any atom is 0.340 e. The van der Waals surface area contributed by atoms with Gasteiger partial charge in [-0.05, 0) is 42.2 Å². The molecule has 0 saturated carbocycles. The number of ether oxygens (including phenoxy) is 1. The van der Waals surface area contributed by atoms with E-state index in [1.807, 2.05) is 13.0 Å². The highest BCUT2D eigenvalue weighted by molar-refractivity contribution is 6.06. The largest absolute Gasteiger partial charge is 0.508 e. The molecule has 0 saturated heterocycles. The van der Waals surface area contributed by atoms with Gasteiger partial charge in [0.1, 0.15) is 5.75 Å². The molecule has 3 aromatic rings. The lowest BCUT2D eigenvalue weighted by Crippen LogP contribution is -2.06. The maximum absolute atomic E-state index is 12.2. The molecule has 1 aromatic heterocycles. The van der Waals surface area contributed by atoms with Crippen LogP contribution in [-0.2, 0) is 11.3 Å². The molecule has 2 aromatic carbocycles. The molecule has 0 aliphatic carbocycles. The lowest BCUT2D eigenvalue weighted by molar-refractivity contribution is 0.0602. The Kier molecular flexibility index (Phi) is 4.53. The van der Waals surface area contributed by atoms with Gasteiger partial charge in [0, 0.05) is 23.1 Å². The summed E-state index contributed by atoms with van der Waals surface area (Å²) in [6.45, 7) is 6.91. The third-order valence-corrected chi connectivity index (χ3v) is 4.68. The smallest absolute Gasteiger partial charge is 0.340 e. The third-order valence-electron chi connectivity index (χ3n) is 4.68. The molecule has 130 valence electrons. The van der Waals surface area contributed by atoms with E-state index in [0.29, 0.717) is 23.4 Å². The molecule has 0 bridgehead atoms. The molecule has 0 aliphatic rings. The average molecular weight is 337 g/mol. The molecule has 1 heterocycles. The fraction of sp³-hybridized carbons (Fsp3) is 0.286. The van der Waals surface area contributed by atoms with E-state index >= 15 is 0 Å².